The number of rotatable bonds is 3. The number of anilines is 1. The number of hydrogen-bond donors (Lipinski definition) is 1. The number of amides is 1. The van der Waals surface area contributed by atoms with E-state index in [0.717, 1.165) is 24.3 Å². The average molecular weight is 290 g/mol. The van der Waals surface area contributed by atoms with Gasteiger partial charge in [-0.1, -0.05) is 0 Å². The van der Waals surface area contributed by atoms with Crippen molar-refractivity contribution in [1.29, 1.82) is 0 Å². The van der Waals surface area contributed by atoms with Crippen LogP contribution in [0.2, 0.25) is 0 Å². The molecule has 112 valence electrons. The van der Waals surface area contributed by atoms with Crippen LogP contribution < -0.4 is 5.32 Å². The number of hydrogen-bond acceptors (Lipinski definition) is 6. The van der Waals surface area contributed by atoms with E-state index in [-0.39, 0.29) is 6.09 Å². The van der Waals surface area contributed by atoms with Crippen LogP contribution in [0.5, 0.6) is 0 Å². The molecule has 1 aliphatic heterocycles. The van der Waals surface area contributed by atoms with Crippen LogP contribution in [-0.2, 0) is 4.74 Å². The van der Waals surface area contributed by atoms with Crippen molar-refractivity contribution in [3.8, 4) is 0 Å². The molecule has 8 nitrogen and oxygen atoms in total. The summed E-state index contributed by atoms with van der Waals surface area (Å²) < 4.78 is 6.65. The first-order chi connectivity index (χ1) is 10.3. The molecule has 0 unspecified atom stereocenters. The molecule has 0 saturated carbocycles. The van der Waals surface area contributed by atoms with Gasteiger partial charge in [0.25, 0.3) is 0 Å². The van der Waals surface area contributed by atoms with E-state index in [0.29, 0.717) is 25.7 Å². The summed E-state index contributed by atoms with van der Waals surface area (Å²) in [6.45, 7) is 3.63. The molecule has 0 radical (unpaired) electrons. The topological polar surface area (TPSA) is 84.6 Å². The van der Waals surface area contributed by atoms with Gasteiger partial charge in [-0.25, -0.2) is 4.79 Å². The summed E-state index contributed by atoms with van der Waals surface area (Å²) in [6.07, 6.45) is 3.10. The molecule has 0 aromatic carbocycles. The van der Waals surface area contributed by atoms with Crippen LogP contribution in [-0.4, -0.2) is 56.5 Å². The fraction of sp³-hybridized carbons (Fsp3) is 0.538. The van der Waals surface area contributed by atoms with Gasteiger partial charge in [-0.05, 0) is 31.9 Å². The number of carbonyl (C=O) groups is 1. The summed E-state index contributed by atoms with van der Waals surface area (Å²) in [5.41, 5.74) is 0.720. The Kier molecular flexibility index (Phi) is 3.85. The molecule has 3 heterocycles. The highest BCUT2D eigenvalue weighted by Crippen LogP contribution is 2.16. The number of fused-ring (bicyclic) bond motifs is 1. The minimum absolute atomic E-state index is 0.222. The van der Waals surface area contributed by atoms with Gasteiger partial charge in [-0.2, -0.15) is 4.52 Å². The first-order valence-corrected chi connectivity index (χ1v) is 7.11. The van der Waals surface area contributed by atoms with Gasteiger partial charge >= 0.3 is 6.09 Å². The number of likely N-dealkylation sites (tertiary alicyclic amines) is 1. The molecule has 8 heteroatoms. The van der Waals surface area contributed by atoms with Crippen LogP contribution >= 0.6 is 0 Å². The maximum Gasteiger partial charge on any atom is 0.409 e. The molecule has 1 N–H and O–H groups in total. The highest BCUT2D eigenvalue weighted by atomic mass is 16.6. The Bertz CT molecular complexity index is 620. The summed E-state index contributed by atoms with van der Waals surface area (Å²) in [6, 6.07) is 4.06. The van der Waals surface area contributed by atoms with Crippen molar-refractivity contribution in [2.45, 2.75) is 25.8 Å². The van der Waals surface area contributed by atoms with Crippen LogP contribution in [0, 0.1) is 0 Å². The van der Waals surface area contributed by atoms with Crippen molar-refractivity contribution in [1.82, 2.24) is 24.7 Å². The van der Waals surface area contributed by atoms with E-state index >= 15 is 0 Å². The van der Waals surface area contributed by atoms with Crippen LogP contribution in [0.15, 0.2) is 18.5 Å². The summed E-state index contributed by atoms with van der Waals surface area (Å²) in [4.78, 5) is 13.4. The number of nitrogens with one attached hydrogen (secondary N) is 1. The van der Waals surface area contributed by atoms with Gasteiger partial charge in [-0.3, -0.25) is 0 Å². The Morgan fingerprint density at radius 2 is 2.24 bits per heavy atom. The van der Waals surface area contributed by atoms with E-state index in [4.69, 9.17) is 4.74 Å². The monoisotopic (exact) mass is 290 g/mol. The van der Waals surface area contributed by atoms with E-state index in [9.17, 15) is 4.79 Å². The van der Waals surface area contributed by atoms with Gasteiger partial charge in [0.05, 0.1) is 6.61 Å². The van der Waals surface area contributed by atoms with E-state index in [1.807, 2.05) is 19.1 Å². The Hall–Kier alpha value is -2.38. The highest BCUT2D eigenvalue weighted by molar-refractivity contribution is 5.67. The Balaban J connectivity index is 1.56. The van der Waals surface area contributed by atoms with Gasteiger partial charge in [0, 0.05) is 19.1 Å². The number of ether oxygens (including phenoxy) is 1. The maximum atomic E-state index is 11.6. The molecular weight excluding hydrogens is 272 g/mol. The molecule has 1 saturated heterocycles. The van der Waals surface area contributed by atoms with Crippen LogP contribution in [0.4, 0.5) is 10.6 Å². The van der Waals surface area contributed by atoms with Crippen molar-refractivity contribution in [2.24, 2.45) is 0 Å². The molecule has 21 heavy (non-hydrogen) atoms. The van der Waals surface area contributed by atoms with Gasteiger partial charge in [-0.15, -0.1) is 15.3 Å². The molecule has 1 aliphatic rings. The van der Waals surface area contributed by atoms with E-state index in [2.05, 4.69) is 20.6 Å². The lowest BCUT2D eigenvalue weighted by atomic mass is 10.1. The zero-order valence-corrected chi connectivity index (χ0v) is 11.9. The number of nitrogens with zero attached hydrogens (tertiary/aromatic N) is 5. The summed E-state index contributed by atoms with van der Waals surface area (Å²) >= 11 is 0. The van der Waals surface area contributed by atoms with Crippen molar-refractivity contribution in [3.63, 3.8) is 0 Å². The van der Waals surface area contributed by atoms with Gasteiger partial charge in [0.1, 0.15) is 12.1 Å². The van der Waals surface area contributed by atoms with Crippen molar-refractivity contribution in [2.75, 3.05) is 25.0 Å². The lowest BCUT2D eigenvalue weighted by Gasteiger charge is -2.31. The van der Waals surface area contributed by atoms with Crippen molar-refractivity contribution < 1.29 is 9.53 Å². The third-order valence-corrected chi connectivity index (χ3v) is 3.53. The first-order valence-electron chi connectivity index (χ1n) is 7.11. The second kappa shape index (κ2) is 5.94. The van der Waals surface area contributed by atoms with Crippen LogP contribution in [0.25, 0.3) is 5.65 Å². The average Bonchev–Trinajstić information content (AvgIpc) is 2.96. The normalized spacial score (nSPS) is 16.1. The fourth-order valence-corrected chi connectivity index (χ4v) is 2.44. The SMILES string of the molecule is CCOC(=O)N1CCC(Nc2ccc3nncn3n2)CC1. The molecule has 0 bridgehead atoms. The summed E-state index contributed by atoms with van der Waals surface area (Å²) in [5.74, 6) is 0.789. The Morgan fingerprint density at radius 3 is 3.00 bits per heavy atom. The van der Waals surface area contributed by atoms with Gasteiger partial charge < -0.3 is 15.0 Å². The zero-order chi connectivity index (χ0) is 14.7. The van der Waals surface area contributed by atoms with Crippen LogP contribution in [0.1, 0.15) is 19.8 Å². The summed E-state index contributed by atoms with van der Waals surface area (Å²) in [7, 11) is 0. The molecule has 1 amide bonds. The molecule has 2 aromatic rings. The Labute approximate surface area is 122 Å². The second-order valence-corrected chi connectivity index (χ2v) is 4.96. The third kappa shape index (κ3) is 3.04. The van der Waals surface area contributed by atoms with Gasteiger partial charge in [0.15, 0.2) is 5.65 Å². The number of carbonyl (C=O) groups excluding carboxylic acids is 1. The molecule has 3 rings (SSSR count). The third-order valence-electron chi connectivity index (χ3n) is 3.53. The minimum Gasteiger partial charge on any atom is -0.450 e. The van der Waals surface area contributed by atoms with Crippen LogP contribution in [0.3, 0.4) is 0 Å². The van der Waals surface area contributed by atoms with E-state index < -0.39 is 0 Å². The largest absolute Gasteiger partial charge is 0.450 e. The number of aromatic nitrogens is 4. The fourth-order valence-electron chi connectivity index (χ4n) is 2.44. The standard InChI is InChI=1S/C13H18N6O2/c1-2-21-13(20)18-7-5-10(6-8-18)15-11-3-4-12-16-14-9-19(12)17-11/h3-4,9-10H,2,5-8H2,1H3,(H,15,17). The molecule has 0 aliphatic carbocycles. The van der Waals surface area contributed by atoms with Crippen molar-refractivity contribution >= 4 is 17.6 Å². The van der Waals surface area contributed by atoms with Crippen molar-refractivity contribution in [3.05, 3.63) is 18.5 Å². The lowest BCUT2D eigenvalue weighted by molar-refractivity contribution is 0.0983. The summed E-state index contributed by atoms with van der Waals surface area (Å²) in [5, 5.41) is 15.5. The minimum atomic E-state index is -0.222. The predicted molar refractivity (Wildman–Crippen MR) is 76.0 cm³/mol. The van der Waals surface area contributed by atoms with E-state index in [1.165, 1.54) is 0 Å². The zero-order valence-electron chi connectivity index (χ0n) is 11.9. The number of piperidine rings is 1. The smallest absolute Gasteiger partial charge is 0.409 e. The quantitative estimate of drug-likeness (QED) is 0.913. The lowest BCUT2D eigenvalue weighted by Crippen LogP contribution is -2.42. The molecular formula is C13H18N6O2. The molecule has 0 atom stereocenters. The maximum absolute atomic E-state index is 11.6. The molecule has 0 spiro atoms. The van der Waals surface area contributed by atoms with E-state index in [1.54, 1.807) is 15.7 Å². The molecule has 1 fully saturated rings. The first kappa shape index (κ1) is 13.6. The Morgan fingerprint density at radius 1 is 1.43 bits per heavy atom. The van der Waals surface area contributed by atoms with Gasteiger partial charge in [0.2, 0.25) is 0 Å². The predicted octanol–water partition coefficient (Wildman–Crippen LogP) is 1.16. The second-order valence-electron chi connectivity index (χ2n) is 4.96. The molecule has 2 aromatic heterocycles. The highest BCUT2D eigenvalue weighted by Gasteiger charge is 2.23.